The molecule has 1 aromatic rings. The Morgan fingerprint density at radius 1 is 1.11 bits per heavy atom. The third-order valence-electron chi connectivity index (χ3n) is 5.80. The van der Waals surface area contributed by atoms with E-state index in [1.807, 2.05) is 35.2 Å². The van der Waals surface area contributed by atoms with Gasteiger partial charge >= 0.3 is 0 Å². The van der Waals surface area contributed by atoms with Crippen LogP contribution in [0.5, 0.6) is 0 Å². The van der Waals surface area contributed by atoms with Crippen molar-refractivity contribution in [2.75, 3.05) is 19.7 Å². The van der Waals surface area contributed by atoms with Crippen LogP contribution in [0.3, 0.4) is 0 Å². The molecule has 2 amide bonds. The van der Waals surface area contributed by atoms with Crippen molar-refractivity contribution in [1.29, 1.82) is 0 Å². The molecule has 1 unspecified atom stereocenters. The zero-order valence-electron chi connectivity index (χ0n) is 16.7. The van der Waals surface area contributed by atoms with Gasteiger partial charge in [0.15, 0.2) is 0 Å². The minimum atomic E-state index is -0.0547. The third-order valence-corrected chi connectivity index (χ3v) is 5.80. The molecular formula is C23H32N2O3. The molecule has 1 saturated heterocycles. The zero-order valence-corrected chi connectivity index (χ0v) is 16.7. The van der Waals surface area contributed by atoms with Crippen LogP contribution in [-0.2, 0) is 16.1 Å². The summed E-state index contributed by atoms with van der Waals surface area (Å²) in [6.45, 7) is 1.58. The highest BCUT2D eigenvalue weighted by Gasteiger charge is 2.30. The van der Waals surface area contributed by atoms with Crippen LogP contribution in [0.1, 0.15) is 56.9 Å². The predicted octanol–water partition coefficient (Wildman–Crippen LogP) is 3.48. The molecule has 152 valence electrons. The van der Waals surface area contributed by atoms with Crippen molar-refractivity contribution < 1.29 is 14.7 Å². The van der Waals surface area contributed by atoms with Crippen LogP contribution in [0.15, 0.2) is 42.1 Å². The van der Waals surface area contributed by atoms with Gasteiger partial charge in [-0.25, -0.2) is 0 Å². The fourth-order valence-corrected chi connectivity index (χ4v) is 4.35. The van der Waals surface area contributed by atoms with Crippen molar-refractivity contribution in [3.8, 4) is 0 Å². The first-order chi connectivity index (χ1) is 13.7. The lowest BCUT2D eigenvalue weighted by molar-refractivity contribution is -0.133. The Hall–Kier alpha value is -2.14. The lowest BCUT2D eigenvalue weighted by atomic mass is 9.85. The van der Waals surface area contributed by atoms with Gasteiger partial charge in [-0.1, -0.05) is 36.4 Å². The molecule has 2 aliphatic rings. The fraction of sp³-hybridized carbons (Fsp3) is 0.565. The topological polar surface area (TPSA) is 60.9 Å². The average Bonchev–Trinajstić information content (AvgIpc) is 2.73. The van der Waals surface area contributed by atoms with Crippen LogP contribution in [0, 0.1) is 5.92 Å². The number of likely N-dealkylation sites (tertiary alicyclic amines) is 1. The van der Waals surface area contributed by atoms with Gasteiger partial charge in [0, 0.05) is 38.2 Å². The number of hydrogen-bond acceptors (Lipinski definition) is 3. The van der Waals surface area contributed by atoms with E-state index in [0.717, 1.165) is 24.9 Å². The zero-order chi connectivity index (χ0) is 19.8. The molecule has 0 radical (unpaired) electrons. The van der Waals surface area contributed by atoms with E-state index in [0.29, 0.717) is 38.3 Å². The molecular weight excluding hydrogens is 352 g/mol. The highest BCUT2D eigenvalue weighted by molar-refractivity contribution is 5.80. The quantitative estimate of drug-likeness (QED) is 0.746. The Balaban J connectivity index is 1.49. The summed E-state index contributed by atoms with van der Waals surface area (Å²) in [6.07, 6.45) is 9.34. The molecule has 1 aliphatic heterocycles. The molecule has 1 heterocycles. The van der Waals surface area contributed by atoms with Crippen molar-refractivity contribution >= 4 is 11.8 Å². The first-order valence-corrected chi connectivity index (χ1v) is 10.6. The molecule has 28 heavy (non-hydrogen) atoms. The summed E-state index contributed by atoms with van der Waals surface area (Å²) >= 11 is 0. The number of aliphatic hydroxyl groups is 1. The van der Waals surface area contributed by atoms with Crippen LogP contribution in [0.25, 0.3) is 0 Å². The first-order valence-electron chi connectivity index (χ1n) is 10.6. The second-order valence-corrected chi connectivity index (χ2v) is 7.82. The predicted molar refractivity (Wildman–Crippen MR) is 109 cm³/mol. The van der Waals surface area contributed by atoms with Gasteiger partial charge in [-0.05, 0) is 50.0 Å². The van der Waals surface area contributed by atoms with Gasteiger partial charge in [0.05, 0.1) is 6.61 Å². The number of carbonyl (C=O) groups excluding carboxylic acids is 2. The summed E-state index contributed by atoms with van der Waals surface area (Å²) in [4.78, 5) is 29.0. The summed E-state index contributed by atoms with van der Waals surface area (Å²) in [7, 11) is 0. The standard InChI is InChI=1S/C23H32N2O3/c26-17-16-24(18-19-8-2-1-3-9-19)22(27)13-6-14-23(28)25-15-7-11-20-10-4-5-12-21(20)25/h1-3,8-9,12,20,26H,4-7,10-11,13-18H2. The van der Waals surface area contributed by atoms with E-state index >= 15 is 0 Å². The Morgan fingerprint density at radius 3 is 2.68 bits per heavy atom. The van der Waals surface area contributed by atoms with E-state index in [9.17, 15) is 14.7 Å². The maximum Gasteiger partial charge on any atom is 0.226 e. The Labute approximate surface area is 168 Å². The van der Waals surface area contributed by atoms with Crippen molar-refractivity contribution in [2.45, 2.75) is 57.9 Å². The molecule has 1 fully saturated rings. The molecule has 0 spiro atoms. The molecule has 1 atom stereocenters. The molecule has 0 saturated carbocycles. The van der Waals surface area contributed by atoms with Crippen LogP contribution in [0.2, 0.25) is 0 Å². The summed E-state index contributed by atoms with van der Waals surface area (Å²) in [5.74, 6) is 0.709. The monoisotopic (exact) mass is 384 g/mol. The van der Waals surface area contributed by atoms with Crippen LogP contribution in [0.4, 0.5) is 0 Å². The number of aliphatic hydroxyl groups excluding tert-OH is 1. The van der Waals surface area contributed by atoms with Crippen molar-refractivity contribution in [3.63, 3.8) is 0 Å². The van der Waals surface area contributed by atoms with E-state index in [1.54, 1.807) is 4.90 Å². The number of benzene rings is 1. The smallest absolute Gasteiger partial charge is 0.226 e. The fourth-order valence-electron chi connectivity index (χ4n) is 4.35. The molecule has 1 aromatic carbocycles. The van der Waals surface area contributed by atoms with Gasteiger partial charge in [-0.2, -0.15) is 0 Å². The van der Waals surface area contributed by atoms with Gasteiger partial charge in [-0.3, -0.25) is 9.59 Å². The number of amides is 2. The lowest BCUT2D eigenvalue weighted by Crippen LogP contribution is -2.39. The molecule has 0 aromatic heterocycles. The van der Waals surface area contributed by atoms with Gasteiger partial charge in [-0.15, -0.1) is 0 Å². The second kappa shape index (κ2) is 10.4. The van der Waals surface area contributed by atoms with Crippen molar-refractivity contribution in [2.24, 2.45) is 5.92 Å². The number of allylic oxidation sites excluding steroid dienone is 2. The van der Waals surface area contributed by atoms with Gasteiger partial charge in [0.25, 0.3) is 0 Å². The molecule has 0 bridgehead atoms. The number of hydrogen-bond donors (Lipinski definition) is 1. The summed E-state index contributed by atoms with van der Waals surface area (Å²) in [5, 5.41) is 9.30. The highest BCUT2D eigenvalue weighted by Crippen LogP contribution is 2.35. The number of fused-ring (bicyclic) bond motifs is 1. The lowest BCUT2D eigenvalue weighted by Gasteiger charge is -2.38. The maximum absolute atomic E-state index is 12.7. The largest absolute Gasteiger partial charge is 0.395 e. The third kappa shape index (κ3) is 5.44. The molecule has 1 N–H and O–H groups in total. The molecule has 3 rings (SSSR count). The average molecular weight is 385 g/mol. The number of carbonyl (C=O) groups is 2. The SMILES string of the molecule is O=C(CCCC(=O)N1CCCC2CCCC=C21)N(CCO)Cc1ccccc1. The van der Waals surface area contributed by atoms with Crippen molar-refractivity contribution in [3.05, 3.63) is 47.7 Å². The van der Waals surface area contributed by atoms with E-state index in [1.165, 1.54) is 25.0 Å². The molecule has 5 nitrogen and oxygen atoms in total. The first kappa shape index (κ1) is 20.6. The minimum absolute atomic E-state index is 0.000828. The highest BCUT2D eigenvalue weighted by atomic mass is 16.3. The Bertz CT molecular complexity index is 686. The minimum Gasteiger partial charge on any atom is -0.395 e. The van der Waals surface area contributed by atoms with Crippen LogP contribution in [-0.4, -0.2) is 46.4 Å². The van der Waals surface area contributed by atoms with E-state index in [2.05, 4.69) is 6.08 Å². The summed E-state index contributed by atoms with van der Waals surface area (Å²) in [5.41, 5.74) is 2.28. The Kier molecular flexibility index (Phi) is 7.66. The summed E-state index contributed by atoms with van der Waals surface area (Å²) < 4.78 is 0. The van der Waals surface area contributed by atoms with E-state index < -0.39 is 0 Å². The number of nitrogens with zero attached hydrogens (tertiary/aromatic N) is 2. The van der Waals surface area contributed by atoms with Gasteiger partial charge in [0.2, 0.25) is 11.8 Å². The van der Waals surface area contributed by atoms with Gasteiger partial charge in [0.1, 0.15) is 0 Å². The number of piperidine rings is 1. The van der Waals surface area contributed by atoms with E-state index in [-0.39, 0.29) is 18.4 Å². The molecule has 5 heteroatoms. The van der Waals surface area contributed by atoms with Crippen LogP contribution >= 0.6 is 0 Å². The van der Waals surface area contributed by atoms with Crippen molar-refractivity contribution in [1.82, 2.24) is 9.80 Å². The molecule has 1 aliphatic carbocycles. The van der Waals surface area contributed by atoms with Crippen LogP contribution < -0.4 is 0 Å². The normalized spacial score (nSPS) is 19.0. The number of rotatable bonds is 8. The van der Waals surface area contributed by atoms with Gasteiger partial charge < -0.3 is 14.9 Å². The van der Waals surface area contributed by atoms with E-state index in [4.69, 9.17) is 0 Å². The maximum atomic E-state index is 12.7. The second-order valence-electron chi connectivity index (χ2n) is 7.82. The Morgan fingerprint density at radius 2 is 1.89 bits per heavy atom. The summed E-state index contributed by atoms with van der Waals surface area (Å²) in [6, 6.07) is 9.79.